The number of piperazine rings is 1. The van der Waals surface area contributed by atoms with Crippen LogP contribution >= 0.6 is 0 Å². The first-order chi connectivity index (χ1) is 11.1. The lowest BCUT2D eigenvalue weighted by Crippen LogP contribution is -2.50. The van der Waals surface area contributed by atoms with Gasteiger partial charge in [-0.25, -0.2) is 4.79 Å². The van der Waals surface area contributed by atoms with Crippen molar-refractivity contribution in [1.82, 2.24) is 15.5 Å². The van der Waals surface area contributed by atoms with Crippen LogP contribution in [-0.4, -0.2) is 50.8 Å². The van der Waals surface area contributed by atoms with Crippen LogP contribution < -0.4 is 15.4 Å². The number of amides is 2. The van der Waals surface area contributed by atoms with Gasteiger partial charge in [0.05, 0.1) is 7.11 Å². The van der Waals surface area contributed by atoms with Gasteiger partial charge in [-0.1, -0.05) is 32.0 Å². The molecule has 1 aliphatic rings. The summed E-state index contributed by atoms with van der Waals surface area (Å²) >= 11 is 0. The third-order valence-corrected chi connectivity index (χ3v) is 4.89. The van der Waals surface area contributed by atoms with Crippen molar-refractivity contribution in [3.05, 3.63) is 29.8 Å². The molecule has 0 radical (unpaired) electrons. The predicted octanol–water partition coefficient (Wildman–Crippen LogP) is 2.37. The quantitative estimate of drug-likeness (QED) is 0.846. The molecule has 5 heteroatoms. The van der Waals surface area contributed by atoms with Gasteiger partial charge in [-0.05, 0) is 24.3 Å². The van der Waals surface area contributed by atoms with Gasteiger partial charge < -0.3 is 20.3 Å². The van der Waals surface area contributed by atoms with Gasteiger partial charge in [0.25, 0.3) is 0 Å². The third kappa shape index (κ3) is 4.38. The molecule has 2 N–H and O–H groups in total. The Morgan fingerprint density at radius 2 is 2.04 bits per heavy atom. The zero-order chi connectivity index (χ0) is 16.7. The van der Waals surface area contributed by atoms with Crippen LogP contribution in [0.5, 0.6) is 5.75 Å². The summed E-state index contributed by atoms with van der Waals surface area (Å²) in [6.45, 7) is 8.41. The average molecular weight is 319 g/mol. The van der Waals surface area contributed by atoms with E-state index in [4.69, 9.17) is 4.74 Å². The SMILES string of the molecule is CCC(C)(CCNC(=O)N1CCNCC1)c1ccccc1OC. The molecule has 1 fully saturated rings. The molecular weight excluding hydrogens is 290 g/mol. The van der Waals surface area contributed by atoms with E-state index < -0.39 is 0 Å². The second-order valence-electron chi connectivity index (χ2n) is 6.33. The summed E-state index contributed by atoms with van der Waals surface area (Å²) in [5.74, 6) is 0.922. The van der Waals surface area contributed by atoms with Gasteiger partial charge >= 0.3 is 6.03 Å². The van der Waals surface area contributed by atoms with Crippen molar-refractivity contribution in [2.45, 2.75) is 32.1 Å². The summed E-state index contributed by atoms with van der Waals surface area (Å²) < 4.78 is 5.51. The number of nitrogens with zero attached hydrogens (tertiary/aromatic N) is 1. The second-order valence-corrected chi connectivity index (χ2v) is 6.33. The topological polar surface area (TPSA) is 53.6 Å². The molecule has 128 valence electrons. The third-order valence-electron chi connectivity index (χ3n) is 4.89. The Morgan fingerprint density at radius 3 is 2.70 bits per heavy atom. The fourth-order valence-corrected chi connectivity index (χ4v) is 3.07. The first-order valence-electron chi connectivity index (χ1n) is 8.47. The molecule has 2 amide bonds. The Bertz CT molecular complexity index is 515. The summed E-state index contributed by atoms with van der Waals surface area (Å²) in [5.41, 5.74) is 1.20. The van der Waals surface area contributed by atoms with E-state index in [1.54, 1.807) is 7.11 Å². The summed E-state index contributed by atoms with van der Waals surface area (Å²) in [5, 5.41) is 6.33. The maximum absolute atomic E-state index is 12.2. The van der Waals surface area contributed by atoms with Crippen LogP contribution in [0.15, 0.2) is 24.3 Å². The lowest BCUT2D eigenvalue weighted by Gasteiger charge is -2.32. The second kappa shape index (κ2) is 8.20. The van der Waals surface area contributed by atoms with Crippen LogP contribution in [0.25, 0.3) is 0 Å². The van der Waals surface area contributed by atoms with Crippen LogP contribution in [0.1, 0.15) is 32.3 Å². The summed E-state index contributed by atoms with van der Waals surface area (Å²) in [6.07, 6.45) is 1.89. The van der Waals surface area contributed by atoms with E-state index in [9.17, 15) is 4.79 Å². The van der Waals surface area contributed by atoms with Crippen molar-refractivity contribution >= 4 is 6.03 Å². The highest BCUT2D eigenvalue weighted by molar-refractivity contribution is 5.74. The number of benzene rings is 1. The largest absolute Gasteiger partial charge is 0.496 e. The van der Waals surface area contributed by atoms with E-state index in [0.29, 0.717) is 6.54 Å². The van der Waals surface area contributed by atoms with Crippen LogP contribution in [0.2, 0.25) is 0 Å². The number of ether oxygens (including phenoxy) is 1. The van der Waals surface area contributed by atoms with E-state index in [1.165, 1.54) is 5.56 Å². The van der Waals surface area contributed by atoms with Crippen molar-refractivity contribution in [1.29, 1.82) is 0 Å². The van der Waals surface area contributed by atoms with Crippen molar-refractivity contribution in [3.63, 3.8) is 0 Å². The van der Waals surface area contributed by atoms with E-state index in [0.717, 1.165) is 44.8 Å². The first-order valence-corrected chi connectivity index (χ1v) is 8.47. The normalized spacial score (nSPS) is 17.4. The van der Waals surface area contributed by atoms with Gasteiger partial charge in [-0.15, -0.1) is 0 Å². The van der Waals surface area contributed by atoms with Crippen LogP contribution in [-0.2, 0) is 5.41 Å². The van der Waals surface area contributed by atoms with Gasteiger partial charge in [-0.2, -0.15) is 0 Å². The van der Waals surface area contributed by atoms with E-state index in [-0.39, 0.29) is 11.4 Å². The number of methoxy groups -OCH3 is 1. The maximum atomic E-state index is 12.2. The summed E-state index contributed by atoms with van der Waals surface area (Å²) in [6, 6.07) is 8.21. The fraction of sp³-hybridized carbons (Fsp3) is 0.611. The standard InChI is InChI=1S/C18H29N3O2/c1-4-18(2,15-7-5-6-8-16(15)23-3)9-10-20-17(22)21-13-11-19-12-14-21/h5-8,19H,4,9-14H2,1-3H3,(H,20,22). The predicted molar refractivity (Wildman–Crippen MR) is 93.1 cm³/mol. The number of rotatable bonds is 6. The molecule has 1 aliphatic heterocycles. The molecule has 1 atom stereocenters. The lowest BCUT2D eigenvalue weighted by atomic mass is 9.77. The average Bonchev–Trinajstić information content (AvgIpc) is 2.62. The van der Waals surface area contributed by atoms with E-state index >= 15 is 0 Å². The van der Waals surface area contributed by atoms with Crippen LogP contribution in [0.4, 0.5) is 4.79 Å². The Labute approximate surface area is 139 Å². The minimum absolute atomic E-state index is 0.0106. The van der Waals surface area contributed by atoms with Gasteiger partial charge in [0.15, 0.2) is 0 Å². The number of carbonyl (C=O) groups excluding carboxylic acids is 1. The van der Waals surface area contributed by atoms with Crippen LogP contribution in [0.3, 0.4) is 0 Å². The molecule has 0 bridgehead atoms. The first kappa shape index (κ1) is 17.6. The molecule has 0 spiro atoms. The molecule has 23 heavy (non-hydrogen) atoms. The molecule has 5 nitrogen and oxygen atoms in total. The molecule has 1 saturated heterocycles. The molecule has 1 aromatic carbocycles. The zero-order valence-electron chi connectivity index (χ0n) is 14.5. The Balaban J connectivity index is 1.94. The van der Waals surface area contributed by atoms with Crippen molar-refractivity contribution in [3.8, 4) is 5.75 Å². The maximum Gasteiger partial charge on any atom is 0.317 e. The van der Waals surface area contributed by atoms with Gasteiger partial charge in [0, 0.05) is 38.3 Å². The Morgan fingerprint density at radius 1 is 1.35 bits per heavy atom. The Kier molecular flexibility index (Phi) is 6.28. The number of hydrogen-bond donors (Lipinski definition) is 2. The highest BCUT2D eigenvalue weighted by Crippen LogP contribution is 2.36. The van der Waals surface area contributed by atoms with Crippen molar-refractivity contribution in [2.24, 2.45) is 0 Å². The number of hydrogen-bond acceptors (Lipinski definition) is 3. The fourth-order valence-electron chi connectivity index (χ4n) is 3.07. The molecule has 2 rings (SSSR count). The van der Waals surface area contributed by atoms with Crippen molar-refractivity contribution in [2.75, 3.05) is 39.8 Å². The minimum atomic E-state index is -0.0106. The van der Waals surface area contributed by atoms with Crippen LogP contribution in [0, 0.1) is 0 Å². The highest BCUT2D eigenvalue weighted by Gasteiger charge is 2.28. The highest BCUT2D eigenvalue weighted by atomic mass is 16.5. The molecular formula is C18H29N3O2. The summed E-state index contributed by atoms with van der Waals surface area (Å²) in [7, 11) is 1.71. The monoisotopic (exact) mass is 319 g/mol. The van der Waals surface area contributed by atoms with Crippen molar-refractivity contribution < 1.29 is 9.53 Å². The van der Waals surface area contributed by atoms with Gasteiger partial charge in [0.1, 0.15) is 5.75 Å². The summed E-state index contributed by atoms with van der Waals surface area (Å²) in [4.78, 5) is 14.1. The van der Waals surface area contributed by atoms with Gasteiger partial charge in [-0.3, -0.25) is 0 Å². The van der Waals surface area contributed by atoms with Gasteiger partial charge in [0.2, 0.25) is 0 Å². The molecule has 0 aromatic heterocycles. The molecule has 1 aromatic rings. The number of nitrogens with one attached hydrogen (secondary N) is 2. The van der Waals surface area contributed by atoms with E-state index in [1.807, 2.05) is 23.1 Å². The minimum Gasteiger partial charge on any atom is -0.496 e. The number of urea groups is 1. The Hall–Kier alpha value is -1.75. The molecule has 1 unspecified atom stereocenters. The van der Waals surface area contributed by atoms with E-state index in [2.05, 4.69) is 30.5 Å². The number of para-hydroxylation sites is 1. The molecule has 1 heterocycles. The molecule has 0 aliphatic carbocycles. The lowest BCUT2D eigenvalue weighted by molar-refractivity contribution is 0.189. The smallest absolute Gasteiger partial charge is 0.317 e. The molecule has 0 saturated carbocycles. The zero-order valence-corrected chi connectivity index (χ0v) is 14.5. The number of carbonyl (C=O) groups is 1.